The number of halogens is 1. The molecule has 3 nitrogen and oxygen atoms in total. The average Bonchev–Trinajstić information content (AvgIpc) is 2.32. The average molecular weight is 283 g/mol. The standard InChI is InChI=1S/C15H23ClN2O/c1-4-5-13-17-12(16)10-14(18-13)19-11-6-8-15(2,3)9-7-11/h10-11H,4-9H2,1-3H3. The minimum atomic E-state index is 0.272. The Morgan fingerprint density at radius 3 is 2.63 bits per heavy atom. The molecule has 1 fully saturated rings. The molecule has 0 aliphatic heterocycles. The first-order valence-electron chi connectivity index (χ1n) is 7.18. The van der Waals surface area contributed by atoms with Crippen molar-refractivity contribution in [2.75, 3.05) is 0 Å². The van der Waals surface area contributed by atoms with E-state index >= 15 is 0 Å². The highest BCUT2D eigenvalue weighted by Gasteiger charge is 2.28. The van der Waals surface area contributed by atoms with E-state index in [-0.39, 0.29) is 6.10 Å². The summed E-state index contributed by atoms with van der Waals surface area (Å²) >= 11 is 6.02. The van der Waals surface area contributed by atoms with Gasteiger partial charge in [-0.25, -0.2) is 4.98 Å². The summed E-state index contributed by atoms with van der Waals surface area (Å²) in [6, 6.07) is 1.72. The van der Waals surface area contributed by atoms with Gasteiger partial charge < -0.3 is 4.74 Å². The predicted molar refractivity (Wildman–Crippen MR) is 77.7 cm³/mol. The Labute approximate surface area is 120 Å². The van der Waals surface area contributed by atoms with Crippen LogP contribution >= 0.6 is 11.6 Å². The first-order valence-corrected chi connectivity index (χ1v) is 7.56. The number of hydrogen-bond donors (Lipinski definition) is 0. The zero-order valence-corrected chi connectivity index (χ0v) is 12.8. The van der Waals surface area contributed by atoms with Crippen molar-refractivity contribution in [3.05, 3.63) is 17.0 Å². The van der Waals surface area contributed by atoms with Crippen molar-refractivity contribution in [2.45, 2.75) is 65.4 Å². The molecule has 1 heterocycles. The van der Waals surface area contributed by atoms with Gasteiger partial charge in [-0.05, 0) is 37.5 Å². The maximum atomic E-state index is 6.02. The van der Waals surface area contributed by atoms with Crippen molar-refractivity contribution < 1.29 is 4.74 Å². The molecule has 0 spiro atoms. The Kier molecular flexibility index (Phi) is 4.67. The van der Waals surface area contributed by atoms with Crippen molar-refractivity contribution in [3.63, 3.8) is 0 Å². The Morgan fingerprint density at radius 2 is 2.00 bits per heavy atom. The van der Waals surface area contributed by atoms with Crippen LogP contribution in [0.15, 0.2) is 6.07 Å². The van der Waals surface area contributed by atoms with Crippen LogP contribution in [0.4, 0.5) is 0 Å². The maximum absolute atomic E-state index is 6.02. The van der Waals surface area contributed by atoms with Gasteiger partial charge >= 0.3 is 0 Å². The fourth-order valence-electron chi connectivity index (χ4n) is 2.50. The lowest BCUT2D eigenvalue weighted by Crippen LogP contribution is -2.28. The molecule has 1 aliphatic rings. The molecule has 2 rings (SSSR count). The largest absolute Gasteiger partial charge is 0.474 e. The zero-order valence-electron chi connectivity index (χ0n) is 12.1. The SMILES string of the molecule is CCCc1nc(Cl)cc(OC2CCC(C)(C)CC2)n1. The number of ether oxygens (including phenoxy) is 1. The monoisotopic (exact) mass is 282 g/mol. The van der Waals surface area contributed by atoms with E-state index in [9.17, 15) is 0 Å². The number of aromatic nitrogens is 2. The van der Waals surface area contributed by atoms with Crippen molar-refractivity contribution in [1.29, 1.82) is 0 Å². The Morgan fingerprint density at radius 1 is 1.32 bits per heavy atom. The molecule has 0 N–H and O–H groups in total. The van der Waals surface area contributed by atoms with Gasteiger partial charge in [0.1, 0.15) is 17.1 Å². The Balaban J connectivity index is 1.99. The molecular weight excluding hydrogens is 260 g/mol. The lowest BCUT2D eigenvalue weighted by molar-refractivity contribution is 0.0945. The molecule has 19 heavy (non-hydrogen) atoms. The summed E-state index contributed by atoms with van der Waals surface area (Å²) in [7, 11) is 0. The highest BCUT2D eigenvalue weighted by atomic mass is 35.5. The van der Waals surface area contributed by atoms with Crippen LogP contribution in [-0.4, -0.2) is 16.1 Å². The van der Waals surface area contributed by atoms with Crippen LogP contribution in [0.1, 0.15) is 58.7 Å². The van der Waals surface area contributed by atoms with Gasteiger partial charge in [0.25, 0.3) is 0 Å². The molecule has 1 aromatic rings. The zero-order chi connectivity index (χ0) is 13.9. The van der Waals surface area contributed by atoms with Crippen molar-refractivity contribution in [1.82, 2.24) is 9.97 Å². The van der Waals surface area contributed by atoms with Gasteiger partial charge in [-0.15, -0.1) is 0 Å². The second-order valence-electron chi connectivity index (χ2n) is 6.18. The summed E-state index contributed by atoms with van der Waals surface area (Å²) < 4.78 is 5.98. The van der Waals surface area contributed by atoms with Crippen LogP contribution < -0.4 is 4.74 Å². The van der Waals surface area contributed by atoms with Crippen molar-refractivity contribution in [3.8, 4) is 5.88 Å². The predicted octanol–water partition coefficient (Wildman–Crippen LogP) is 4.43. The van der Waals surface area contributed by atoms with Crippen LogP contribution in [0.5, 0.6) is 5.88 Å². The maximum Gasteiger partial charge on any atom is 0.218 e. The normalized spacial score (nSPS) is 19.4. The van der Waals surface area contributed by atoms with Gasteiger partial charge in [-0.2, -0.15) is 4.98 Å². The molecule has 0 bridgehead atoms. The topological polar surface area (TPSA) is 35.0 Å². The van der Waals surface area contributed by atoms with E-state index in [4.69, 9.17) is 16.3 Å². The summed E-state index contributed by atoms with van der Waals surface area (Å²) in [5.41, 5.74) is 0.455. The van der Waals surface area contributed by atoms with Crippen molar-refractivity contribution in [2.24, 2.45) is 5.41 Å². The second-order valence-corrected chi connectivity index (χ2v) is 6.56. The number of rotatable bonds is 4. The Hall–Kier alpha value is -0.830. The highest BCUT2D eigenvalue weighted by molar-refractivity contribution is 6.29. The van der Waals surface area contributed by atoms with Gasteiger partial charge in [0, 0.05) is 12.5 Å². The van der Waals surface area contributed by atoms with Gasteiger partial charge in [0.2, 0.25) is 5.88 Å². The van der Waals surface area contributed by atoms with E-state index < -0.39 is 0 Å². The van der Waals surface area contributed by atoms with Crippen LogP contribution in [-0.2, 0) is 6.42 Å². The molecule has 0 radical (unpaired) electrons. The van der Waals surface area contributed by atoms with Gasteiger partial charge in [-0.1, -0.05) is 32.4 Å². The minimum Gasteiger partial charge on any atom is -0.474 e. The molecule has 4 heteroatoms. The van der Waals surface area contributed by atoms with Crippen LogP contribution in [0.25, 0.3) is 0 Å². The van der Waals surface area contributed by atoms with Gasteiger partial charge in [0.15, 0.2) is 0 Å². The van der Waals surface area contributed by atoms with Gasteiger partial charge in [0.05, 0.1) is 0 Å². The van der Waals surface area contributed by atoms with E-state index in [0.717, 1.165) is 31.5 Å². The summed E-state index contributed by atoms with van der Waals surface area (Å²) in [6.07, 6.45) is 6.73. The lowest BCUT2D eigenvalue weighted by Gasteiger charge is -2.34. The molecule has 1 aliphatic carbocycles. The molecule has 0 amide bonds. The molecular formula is C15H23ClN2O. The quantitative estimate of drug-likeness (QED) is 0.766. The third kappa shape index (κ3) is 4.34. The number of nitrogens with zero attached hydrogens (tertiary/aromatic N) is 2. The third-order valence-corrected chi connectivity index (χ3v) is 3.96. The smallest absolute Gasteiger partial charge is 0.218 e. The van der Waals surface area contributed by atoms with Gasteiger partial charge in [-0.3, -0.25) is 0 Å². The highest BCUT2D eigenvalue weighted by Crippen LogP contribution is 2.36. The third-order valence-electron chi connectivity index (χ3n) is 3.76. The number of hydrogen-bond acceptors (Lipinski definition) is 3. The minimum absolute atomic E-state index is 0.272. The van der Waals surface area contributed by atoms with E-state index in [0.29, 0.717) is 16.4 Å². The fraction of sp³-hybridized carbons (Fsp3) is 0.733. The van der Waals surface area contributed by atoms with Crippen LogP contribution in [0.2, 0.25) is 5.15 Å². The van der Waals surface area contributed by atoms with E-state index in [1.165, 1.54) is 12.8 Å². The summed E-state index contributed by atoms with van der Waals surface area (Å²) in [6.45, 7) is 6.75. The first kappa shape index (κ1) is 14.6. The summed E-state index contributed by atoms with van der Waals surface area (Å²) in [4.78, 5) is 8.65. The summed E-state index contributed by atoms with van der Waals surface area (Å²) in [5, 5.41) is 0.476. The second kappa shape index (κ2) is 6.08. The fourth-order valence-corrected chi connectivity index (χ4v) is 2.69. The molecule has 0 atom stereocenters. The van der Waals surface area contributed by atoms with Crippen LogP contribution in [0, 0.1) is 5.41 Å². The van der Waals surface area contributed by atoms with Crippen molar-refractivity contribution >= 4 is 11.6 Å². The molecule has 1 saturated carbocycles. The molecule has 1 aromatic heterocycles. The summed E-state index contributed by atoms with van der Waals surface area (Å²) in [5.74, 6) is 1.41. The molecule has 0 saturated heterocycles. The molecule has 0 unspecified atom stereocenters. The Bertz CT molecular complexity index is 424. The number of aryl methyl sites for hydroxylation is 1. The first-order chi connectivity index (χ1) is 8.98. The van der Waals surface area contributed by atoms with E-state index in [1.54, 1.807) is 6.07 Å². The molecule has 106 valence electrons. The van der Waals surface area contributed by atoms with E-state index in [2.05, 4.69) is 30.7 Å². The molecule has 0 aromatic carbocycles. The lowest BCUT2D eigenvalue weighted by atomic mass is 9.76. The van der Waals surface area contributed by atoms with E-state index in [1.807, 2.05) is 0 Å². The van der Waals surface area contributed by atoms with Crippen LogP contribution in [0.3, 0.4) is 0 Å².